The van der Waals surface area contributed by atoms with Crippen molar-refractivity contribution in [1.29, 1.82) is 0 Å². The number of benzene rings is 1. The number of esters is 1. The van der Waals surface area contributed by atoms with E-state index < -0.39 is 34.0 Å². The summed E-state index contributed by atoms with van der Waals surface area (Å²) in [5.41, 5.74) is 0.923. The van der Waals surface area contributed by atoms with Crippen LogP contribution in [-0.4, -0.2) is 45.0 Å². The van der Waals surface area contributed by atoms with Gasteiger partial charge in [-0.15, -0.1) is 0 Å². The van der Waals surface area contributed by atoms with Gasteiger partial charge in [-0.1, -0.05) is 17.7 Å². The van der Waals surface area contributed by atoms with Gasteiger partial charge in [-0.3, -0.25) is 14.9 Å². The van der Waals surface area contributed by atoms with E-state index in [0.717, 1.165) is 5.56 Å². The molecule has 1 aromatic carbocycles. The fraction of sp³-hybridized carbons (Fsp3) is 0.471. The molecule has 1 atom stereocenters. The zero-order valence-corrected chi connectivity index (χ0v) is 16.6. The second-order valence-corrected chi connectivity index (χ2v) is 7.98. The molecule has 0 saturated heterocycles. The number of rotatable bonds is 8. The Labute approximate surface area is 158 Å². The molecule has 10 heteroatoms. The van der Waals surface area contributed by atoms with Gasteiger partial charge in [-0.2, -0.15) is 0 Å². The normalized spacial score (nSPS) is 12.3. The largest absolute Gasteiger partial charge is 0.452 e. The van der Waals surface area contributed by atoms with Crippen molar-refractivity contribution in [2.24, 2.45) is 0 Å². The molecule has 0 aliphatic rings. The monoisotopic (exact) mass is 399 g/mol. The van der Waals surface area contributed by atoms with Crippen molar-refractivity contribution < 1.29 is 27.5 Å². The van der Waals surface area contributed by atoms with Crippen LogP contribution in [0.3, 0.4) is 0 Å². The number of carbonyl (C=O) groups excluding carboxylic acids is 3. The Morgan fingerprint density at radius 1 is 1.07 bits per heavy atom. The first-order valence-electron chi connectivity index (χ1n) is 8.38. The lowest BCUT2D eigenvalue weighted by atomic mass is 10.2. The van der Waals surface area contributed by atoms with Crippen molar-refractivity contribution >= 4 is 27.9 Å². The SMILES string of the molecule is Cc1ccc(S(=O)(=O)NCCC(=O)O[C@H](C)C(=O)NC(=O)NC(C)C)cc1. The van der Waals surface area contributed by atoms with E-state index in [-0.39, 0.29) is 23.9 Å². The summed E-state index contributed by atoms with van der Waals surface area (Å²) in [4.78, 5) is 35.0. The van der Waals surface area contributed by atoms with Crippen molar-refractivity contribution in [3.05, 3.63) is 29.8 Å². The highest BCUT2D eigenvalue weighted by molar-refractivity contribution is 7.89. The van der Waals surface area contributed by atoms with E-state index in [1.807, 2.05) is 12.2 Å². The van der Waals surface area contributed by atoms with Gasteiger partial charge in [0.1, 0.15) is 0 Å². The van der Waals surface area contributed by atoms with E-state index in [4.69, 9.17) is 4.74 Å². The fourth-order valence-electron chi connectivity index (χ4n) is 1.91. The molecule has 27 heavy (non-hydrogen) atoms. The molecule has 1 aromatic rings. The number of imide groups is 1. The van der Waals surface area contributed by atoms with Gasteiger partial charge in [0.25, 0.3) is 5.91 Å². The van der Waals surface area contributed by atoms with Crippen LogP contribution in [0, 0.1) is 6.92 Å². The van der Waals surface area contributed by atoms with Crippen molar-refractivity contribution in [3.8, 4) is 0 Å². The minimum absolute atomic E-state index is 0.0883. The Kier molecular flexibility index (Phi) is 8.38. The fourth-order valence-corrected chi connectivity index (χ4v) is 2.94. The molecular weight excluding hydrogens is 374 g/mol. The number of aryl methyl sites for hydroxylation is 1. The van der Waals surface area contributed by atoms with Gasteiger partial charge in [-0.25, -0.2) is 17.9 Å². The summed E-state index contributed by atoms with van der Waals surface area (Å²) >= 11 is 0. The van der Waals surface area contributed by atoms with Gasteiger partial charge in [0.05, 0.1) is 11.3 Å². The van der Waals surface area contributed by atoms with Gasteiger partial charge in [-0.05, 0) is 39.8 Å². The molecule has 0 fully saturated rings. The zero-order chi connectivity index (χ0) is 20.6. The molecule has 0 aromatic heterocycles. The number of urea groups is 1. The van der Waals surface area contributed by atoms with Gasteiger partial charge in [0.15, 0.2) is 6.10 Å². The number of hydrogen-bond donors (Lipinski definition) is 3. The quantitative estimate of drug-likeness (QED) is 0.555. The topological polar surface area (TPSA) is 131 Å². The molecule has 9 nitrogen and oxygen atoms in total. The first-order chi connectivity index (χ1) is 12.5. The molecule has 0 bridgehead atoms. The summed E-state index contributed by atoms with van der Waals surface area (Å²) in [5.74, 6) is -1.55. The average Bonchev–Trinajstić information content (AvgIpc) is 2.54. The Morgan fingerprint density at radius 2 is 1.67 bits per heavy atom. The molecule has 0 aliphatic carbocycles. The van der Waals surface area contributed by atoms with Crippen LogP contribution < -0.4 is 15.4 Å². The van der Waals surface area contributed by atoms with Crippen molar-refractivity contribution in [3.63, 3.8) is 0 Å². The average molecular weight is 399 g/mol. The maximum atomic E-state index is 12.1. The highest BCUT2D eigenvalue weighted by atomic mass is 32.2. The number of nitrogens with one attached hydrogen (secondary N) is 3. The third-order valence-electron chi connectivity index (χ3n) is 3.29. The Bertz CT molecular complexity index is 774. The third-order valence-corrected chi connectivity index (χ3v) is 4.76. The second kappa shape index (κ2) is 10.0. The van der Waals surface area contributed by atoms with Crippen molar-refractivity contribution in [2.75, 3.05) is 6.54 Å². The molecule has 0 spiro atoms. The molecule has 3 N–H and O–H groups in total. The molecule has 0 saturated carbocycles. The molecule has 3 amide bonds. The number of carbonyl (C=O) groups is 3. The number of ether oxygens (including phenoxy) is 1. The Morgan fingerprint density at radius 3 is 2.22 bits per heavy atom. The van der Waals surface area contributed by atoms with Crippen molar-refractivity contribution in [2.45, 2.75) is 51.2 Å². The maximum Gasteiger partial charge on any atom is 0.321 e. The summed E-state index contributed by atoms with van der Waals surface area (Å²) in [5, 5.41) is 4.51. The first kappa shape index (κ1) is 22.6. The predicted octanol–water partition coefficient (Wildman–Crippen LogP) is 0.829. The first-order valence-corrected chi connectivity index (χ1v) is 9.86. The van der Waals surface area contributed by atoms with Gasteiger partial charge < -0.3 is 10.1 Å². The highest BCUT2D eigenvalue weighted by Gasteiger charge is 2.21. The van der Waals surface area contributed by atoms with Crippen LogP contribution in [0.4, 0.5) is 4.79 Å². The van der Waals surface area contributed by atoms with Crippen LogP contribution in [-0.2, 0) is 24.3 Å². The number of hydrogen-bond acceptors (Lipinski definition) is 6. The zero-order valence-electron chi connectivity index (χ0n) is 15.7. The molecule has 0 heterocycles. The van der Waals surface area contributed by atoms with Gasteiger partial charge in [0, 0.05) is 12.6 Å². The molecule has 150 valence electrons. The highest BCUT2D eigenvalue weighted by Crippen LogP contribution is 2.09. The summed E-state index contributed by atoms with van der Waals surface area (Å²) in [6.45, 7) is 6.42. The lowest BCUT2D eigenvalue weighted by Crippen LogP contribution is -2.46. The van der Waals surface area contributed by atoms with E-state index in [2.05, 4.69) is 10.0 Å². The smallest absolute Gasteiger partial charge is 0.321 e. The third kappa shape index (κ3) is 8.18. The van der Waals surface area contributed by atoms with Crippen LogP contribution in [0.1, 0.15) is 32.8 Å². The molecule has 0 aliphatic heterocycles. The van der Waals surface area contributed by atoms with Gasteiger partial charge >= 0.3 is 12.0 Å². The van der Waals surface area contributed by atoms with Gasteiger partial charge in [0.2, 0.25) is 10.0 Å². The van der Waals surface area contributed by atoms with Crippen LogP contribution in [0.25, 0.3) is 0 Å². The maximum absolute atomic E-state index is 12.1. The van der Waals surface area contributed by atoms with E-state index in [0.29, 0.717) is 0 Å². The predicted molar refractivity (Wildman–Crippen MR) is 98.3 cm³/mol. The molecular formula is C17H25N3O6S. The van der Waals surface area contributed by atoms with Crippen LogP contribution >= 0.6 is 0 Å². The van der Waals surface area contributed by atoms with E-state index in [1.165, 1.54) is 19.1 Å². The van der Waals surface area contributed by atoms with E-state index >= 15 is 0 Å². The molecule has 0 radical (unpaired) electrons. The van der Waals surface area contributed by atoms with E-state index in [1.54, 1.807) is 26.0 Å². The van der Waals surface area contributed by atoms with Crippen LogP contribution in [0.15, 0.2) is 29.2 Å². The lowest BCUT2D eigenvalue weighted by molar-refractivity contribution is -0.154. The summed E-state index contributed by atoms with van der Waals surface area (Å²) in [6.07, 6.45) is -1.45. The summed E-state index contributed by atoms with van der Waals surface area (Å²) in [6, 6.07) is 5.41. The number of sulfonamides is 1. The van der Waals surface area contributed by atoms with E-state index in [9.17, 15) is 22.8 Å². The summed E-state index contributed by atoms with van der Waals surface area (Å²) < 4.78 is 31.4. The summed E-state index contributed by atoms with van der Waals surface area (Å²) in [7, 11) is -3.73. The number of amides is 3. The second-order valence-electron chi connectivity index (χ2n) is 6.21. The minimum Gasteiger partial charge on any atom is -0.452 e. The minimum atomic E-state index is -3.73. The van der Waals surface area contributed by atoms with Crippen LogP contribution in [0.2, 0.25) is 0 Å². The Balaban J connectivity index is 2.42. The molecule has 1 rings (SSSR count). The Hall–Kier alpha value is -2.46. The molecule has 0 unspecified atom stereocenters. The lowest BCUT2D eigenvalue weighted by Gasteiger charge is -2.14. The van der Waals surface area contributed by atoms with Crippen LogP contribution in [0.5, 0.6) is 0 Å². The standard InChI is InChI=1S/C17H25N3O6S/c1-11(2)19-17(23)20-16(22)13(4)26-15(21)9-10-18-27(24,25)14-7-5-12(3)6-8-14/h5-8,11,13,18H,9-10H2,1-4H3,(H2,19,20,22,23)/t13-/m1/s1. The van der Waals surface area contributed by atoms with Crippen molar-refractivity contribution in [1.82, 2.24) is 15.4 Å².